The van der Waals surface area contributed by atoms with Crippen LogP contribution < -0.4 is 5.32 Å². The Morgan fingerprint density at radius 2 is 2.27 bits per heavy atom. The summed E-state index contributed by atoms with van der Waals surface area (Å²) in [6, 6.07) is 1.95. The van der Waals surface area contributed by atoms with Crippen LogP contribution in [0.2, 0.25) is 0 Å². The molecule has 26 heavy (non-hydrogen) atoms. The standard InChI is InChI=1S/C18H28N4O4/c1-13(2)18(24)21-5-6-22-15(10-21)8-14(20-22)9-19-17(23)12-25-11-16-4-3-7-26-16/h8,13,16H,3-7,9-12H2,1-2H3,(H,19,23)/t16-/m0/s1. The summed E-state index contributed by atoms with van der Waals surface area (Å²) in [7, 11) is 0. The lowest BCUT2D eigenvalue weighted by Gasteiger charge is -2.29. The average Bonchev–Trinajstić information content (AvgIpc) is 3.27. The minimum Gasteiger partial charge on any atom is -0.376 e. The van der Waals surface area contributed by atoms with E-state index in [2.05, 4.69) is 10.4 Å². The van der Waals surface area contributed by atoms with E-state index in [9.17, 15) is 9.59 Å². The van der Waals surface area contributed by atoms with Crippen molar-refractivity contribution in [1.82, 2.24) is 20.0 Å². The van der Waals surface area contributed by atoms with Gasteiger partial charge in [0.25, 0.3) is 0 Å². The van der Waals surface area contributed by atoms with Crippen LogP contribution in [0.15, 0.2) is 6.07 Å². The van der Waals surface area contributed by atoms with E-state index in [1.54, 1.807) is 0 Å². The van der Waals surface area contributed by atoms with Crippen molar-refractivity contribution >= 4 is 11.8 Å². The maximum atomic E-state index is 12.1. The molecule has 0 aromatic carbocycles. The van der Waals surface area contributed by atoms with Crippen LogP contribution in [0.25, 0.3) is 0 Å². The van der Waals surface area contributed by atoms with Crippen LogP contribution in [0, 0.1) is 5.92 Å². The molecule has 3 rings (SSSR count). The predicted octanol–water partition coefficient (Wildman–Crippen LogP) is 0.693. The van der Waals surface area contributed by atoms with Gasteiger partial charge >= 0.3 is 0 Å². The summed E-state index contributed by atoms with van der Waals surface area (Å²) in [5.41, 5.74) is 1.80. The Balaban J connectivity index is 1.42. The SMILES string of the molecule is CC(C)C(=O)N1CCn2nc(CNC(=O)COC[C@@H]3CCCO3)cc2C1. The fraction of sp³-hybridized carbons (Fsp3) is 0.722. The van der Waals surface area contributed by atoms with Gasteiger partial charge in [-0.3, -0.25) is 14.3 Å². The maximum Gasteiger partial charge on any atom is 0.246 e. The van der Waals surface area contributed by atoms with Gasteiger partial charge in [-0.2, -0.15) is 5.10 Å². The Labute approximate surface area is 153 Å². The second-order valence-electron chi connectivity index (χ2n) is 7.19. The average molecular weight is 364 g/mol. The molecule has 1 atom stereocenters. The number of amides is 2. The van der Waals surface area contributed by atoms with Gasteiger partial charge in [-0.1, -0.05) is 13.8 Å². The lowest BCUT2D eigenvalue weighted by Crippen LogP contribution is -2.40. The van der Waals surface area contributed by atoms with E-state index < -0.39 is 0 Å². The maximum absolute atomic E-state index is 12.1. The number of carbonyl (C=O) groups is 2. The van der Waals surface area contributed by atoms with Gasteiger partial charge in [0.15, 0.2) is 0 Å². The fourth-order valence-electron chi connectivity index (χ4n) is 3.26. The van der Waals surface area contributed by atoms with Gasteiger partial charge in [-0.25, -0.2) is 0 Å². The number of fused-ring (bicyclic) bond motifs is 1. The van der Waals surface area contributed by atoms with E-state index in [0.29, 0.717) is 32.8 Å². The molecular weight excluding hydrogens is 336 g/mol. The molecular formula is C18H28N4O4. The summed E-state index contributed by atoms with van der Waals surface area (Å²) >= 11 is 0. The van der Waals surface area contributed by atoms with Crippen LogP contribution in [-0.2, 0) is 38.7 Å². The van der Waals surface area contributed by atoms with Gasteiger partial charge < -0.3 is 19.7 Å². The molecule has 2 aliphatic heterocycles. The summed E-state index contributed by atoms with van der Waals surface area (Å²) in [6.45, 7) is 7.40. The van der Waals surface area contributed by atoms with Crippen molar-refractivity contribution in [3.05, 3.63) is 17.5 Å². The third kappa shape index (κ3) is 4.82. The van der Waals surface area contributed by atoms with Crippen molar-refractivity contribution in [3.63, 3.8) is 0 Å². The number of aromatic nitrogens is 2. The summed E-state index contributed by atoms with van der Waals surface area (Å²) in [6.07, 6.45) is 2.18. The van der Waals surface area contributed by atoms with Crippen LogP contribution in [-0.4, -0.2) is 59.0 Å². The van der Waals surface area contributed by atoms with E-state index in [-0.39, 0.29) is 30.4 Å². The highest BCUT2D eigenvalue weighted by molar-refractivity contribution is 5.78. The van der Waals surface area contributed by atoms with Crippen LogP contribution in [0.5, 0.6) is 0 Å². The van der Waals surface area contributed by atoms with E-state index in [1.807, 2.05) is 29.5 Å². The summed E-state index contributed by atoms with van der Waals surface area (Å²) in [5, 5.41) is 7.33. The summed E-state index contributed by atoms with van der Waals surface area (Å²) in [5.74, 6) is -0.000798. The third-order valence-electron chi connectivity index (χ3n) is 4.68. The van der Waals surface area contributed by atoms with E-state index in [1.165, 1.54) is 0 Å². The zero-order chi connectivity index (χ0) is 18.5. The van der Waals surface area contributed by atoms with Crippen LogP contribution >= 0.6 is 0 Å². The van der Waals surface area contributed by atoms with Crippen LogP contribution in [0.1, 0.15) is 38.1 Å². The molecule has 1 fully saturated rings. The number of rotatable bonds is 7. The van der Waals surface area contributed by atoms with E-state index >= 15 is 0 Å². The molecule has 8 heteroatoms. The first kappa shape index (κ1) is 18.8. The molecule has 1 aromatic heterocycles. The molecule has 1 aromatic rings. The van der Waals surface area contributed by atoms with Gasteiger partial charge in [0.05, 0.1) is 43.7 Å². The Morgan fingerprint density at radius 1 is 1.42 bits per heavy atom. The first-order valence-electron chi connectivity index (χ1n) is 9.33. The molecule has 1 saturated heterocycles. The number of nitrogens with one attached hydrogen (secondary N) is 1. The zero-order valence-electron chi connectivity index (χ0n) is 15.6. The Morgan fingerprint density at radius 3 is 3.00 bits per heavy atom. The van der Waals surface area contributed by atoms with Crippen molar-refractivity contribution in [2.24, 2.45) is 5.92 Å². The number of nitrogens with zero attached hydrogens (tertiary/aromatic N) is 3. The highest BCUT2D eigenvalue weighted by Crippen LogP contribution is 2.16. The number of ether oxygens (including phenoxy) is 2. The number of hydrogen-bond acceptors (Lipinski definition) is 5. The molecule has 0 unspecified atom stereocenters. The first-order chi connectivity index (χ1) is 12.5. The van der Waals surface area contributed by atoms with Gasteiger partial charge in [0.2, 0.25) is 11.8 Å². The molecule has 1 N–H and O–H groups in total. The normalized spacial score (nSPS) is 19.7. The molecule has 2 aliphatic rings. The molecule has 0 saturated carbocycles. The summed E-state index contributed by atoms with van der Waals surface area (Å²) < 4.78 is 12.8. The monoisotopic (exact) mass is 364 g/mol. The Kier molecular flexibility index (Phi) is 6.26. The predicted molar refractivity (Wildman–Crippen MR) is 94.1 cm³/mol. The largest absolute Gasteiger partial charge is 0.376 e. The van der Waals surface area contributed by atoms with Crippen LogP contribution in [0.4, 0.5) is 0 Å². The Bertz CT molecular complexity index is 637. The molecule has 2 amide bonds. The summed E-state index contributed by atoms with van der Waals surface area (Å²) in [4.78, 5) is 25.9. The van der Waals surface area contributed by atoms with Gasteiger partial charge in [0, 0.05) is 19.1 Å². The van der Waals surface area contributed by atoms with Gasteiger partial charge in [-0.05, 0) is 18.9 Å². The third-order valence-corrected chi connectivity index (χ3v) is 4.68. The van der Waals surface area contributed by atoms with Gasteiger partial charge in [-0.15, -0.1) is 0 Å². The fourth-order valence-corrected chi connectivity index (χ4v) is 3.26. The molecule has 0 aliphatic carbocycles. The van der Waals surface area contributed by atoms with Crippen molar-refractivity contribution in [2.75, 3.05) is 26.4 Å². The van der Waals surface area contributed by atoms with Crippen molar-refractivity contribution in [3.8, 4) is 0 Å². The van der Waals surface area contributed by atoms with E-state index in [4.69, 9.17) is 9.47 Å². The van der Waals surface area contributed by atoms with Crippen molar-refractivity contribution in [2.45, 2.75) is 52.4 Å². The van der Waals surface area contributed by atoms with Gasteiger partial charge in [0.1, 0.15) is 6.61 Å². The minimum atomic E-state index is -0.161. The highest BCUT2D eigenvalue weighted by atomic mass is 16.5. The molecule has 8 nitrogen and oxygen atoms in total. The molecule has 0 spiro atoms. The Hall–Kier alpha value is -1.93. The second-order valence-corrected chi connectivity index (χ2v) is 7.19. The minimum absolute atomic E-state index is 0.00198. The molecule has 3 heterocycles. The molecule has 0 radical (unpaired) electrons. The van der Waals surface area contributed by atoms with Crippen LogP contribution in [0.3, 0.4) is 0 Å². The lowest BCUT2D eigenvalue weighted by atomic mass is 10.1. The number of hydrogen-bond donors (Lipinski definition) is 1. The quantitative estimate of drug-likeness (QED) is 0.769. The van der Waals surface area contributed by atoms with Crippen molar-refractivity contribution in [1.29, 1.82) is 0 Å². The smallest absolute Gasteiger partial charge is 0.246 e. The molecule has 144 valence electrons. The van der Waals surface area contributed by atoms with Crippen molar-refractivity contribution < 1.29 is 19.1 Å². The lowest BCUT2D eigenvalue weighted by molar-refractivity contribution is -0.136. The highest BCUT2D eigenvalue weighted by Gasteiger charge is 2.24. The molecule has 0 bridgehead atoms. The second kappa shape index (κ2) is 8.64. The number of carbonyl (C=O) groups excluding carboxylic acids is 2. The topological polar surface area (TPSA) is 85.7 Å². The first-order valence-corrected chi connectivity index (χ1v) is 9.33. The zero-order valence-corrected chi connectivity index (χ0v) is 15.6. The van der Waals surface area contributed by atoms with E-state index in [0.717, 1.165) is 30.8 Å².